The number of halogens is 1. The normalized spacial score (nSPS) is 12.7. The van der Waals surface area contributed by atoms with Crippen molar-refractivity contribution in [1.82, 2.24) is 5.32 Å². The van der Waals surface area contributed by atoms with Crippen LogP contribution in [0.3, 0.4) is 0 Å². The van der Waals surface area contributed by atoms with Crippen LogP contribution in [0, 0.1) is 0 Å². The summed E-state index contributed by atoms with van der Waals surface area (Å²) < 4.78 is 1.01. The van der Waals surface area contributed by atoms with Gasteiger partial charge in [0, 0.05) is 11.0 Å². The van der Waals surface area contributed by atoms with Crippen LogP contribution in [0.1, 0.15) is 31.4 Å². The maximum Gasteiger partial charge on any atom is 0.0914 e. The SMILES string of the molecule is CCCCNCC(O)c1cccc(Br)c1. The largest absolute Gasteiger partial charge is 0.387 e. The van der Waals surface area contributed by atoms with Crippen LogP contribution in [-0.4, -0.2) is 18.2 Å². The van der Waals surface area contributed by atoms with Gasteiger partial charge >= 0.3 is 0 Å². The topological polar surface area (TPSA) is 32.3 Å². The third-order valence-corrected chi connectivity index (χ3v) is 2.77. The molecular formula is C12H18BrNO. The monoisotopic (exact) mass is 271 g/mol. The summed E-state index contributed by atoms with van der Waals surface area (Å²) in [5, 5.41) is 13.1. The molecule has 0 bridgehead atoms. The molecule has 0 saturated heterocycles. The molecule has 0 radical (unpaired) electrons. The highest BCUT2D eigenvalue weighted by Gasteiger charge is 2.06. The average Bonchev–Trinajstić information content (AvgIpc) is 2.24. The van der Waals surface area contributed by atoms with E-state index in [1.165, 1.54) is 6.42 Å². The predicted molar refractivity (Wildman–Crippen MR) is 66.9 cm³/mol. The zero-order chi connectivity index (χ0) is 11.1. The Kier molecular flexibility index (Phi) is 5.91. The molecule has 1 atom stereocenters. The van der Waals surface area contributed by atoms with Crippen molar-refractivity contribution in [1.29, 1.82) is 0 Å². The van der Waals surface area contributed by atoms with E-state index in [4.69, 9.17) is 0 Å². The van der Waals surface area contributed by atoms with Gasteiger partial charge in [0.05, 0.1) is 6.10 Å². The Morgan fingerprint density at radius 3 is 2.93 bits per heavy atom. The molecule has 0 aliphatic heterocycles. The molecule has 0 spiro atoms. The molecule has 0 amide bonds. The Morgan fingerprint density at radius 1 is 1.47 bits per heavy atom. The summed E-state index contributed by atoms with van der Waals surface area (Å²) in [5.41, 5.74) is 0.952. The molecule has 15 heavy (non-hydrogen) atoms. The van der Waals surface area contributed by atoms with Crippen molar-refractivity contribution in [3.05, 3.63) is 34.3 Å². The average molecular weight is 272 g/mol. The second-order valence-corrected chi connectivity index (χ2v) is 4.54. The van der Waals surface area contributed by atoms with E-state index in [0.29, 0.717) is 6.54 Å². The third kappa shape index (κ3) is 4.78. The summed E-state index contributed by atoms with van der Waals surface area (Å²) in [6, 6.07) is 7.79. The number of nitrogens with one attached hydrogen (secondary N) is 1. The van der Waals surface area contributed by atoms with E-state index in [-0.39, 0.29) is 0 Å². The lowest BCUT2D eigenvalue weighted by Gasteiger charge is -2.12. The molecule has 1 aromatic rings. The first-order valence-electron chi connectivity index (χ1n) is 5.38. The van der Waals surface area contributed by atoms with E-state index in [1.807, 2.05) is 24.3 Å². The van der Waals surface area contributed by atoms with E-state index >= 15 is 0 Å². The Labute approximate surface area is 99.8 Å². The van der Waals surface area contributed by atoms with E-state index in [9.17, 15) is 5.11 Å². The fourth-order valence-electron chi connectivity index (χ4n) is 1.37. The number of hydrogen-bond acceptors (Lipinski definition) is 2. The van der Waals surface area contributed by atoms with Gasteiger partial charge in [0.1, 0.15) is 0 Å². The summed E-state index contributed by atoms with van der Waals surface area (Å²) >= 11 is 3.39. The third-order valence-electron chi connectivity index (χ3n) is 2.28. The number of aliphatic hydroxyl groups excluding tert-OH is 1. The van der Waals surface area contributed by atoms with Crippen molar-refractivity contribution in [2.24, 2.45) is 0 Å². The van der Waals surface area contributed by atoms with Gasteiger partial charge in [-0.15, -0.1) is 0 Å². The highest BCUT2D eigenvalue weighted by atomic mass is 79.9. The quantitative estimate of drug-likeness (QED) is 0.780. The molecule has 1 rings (SSSR count). The molecule has 3 heteroatoms. The number of rotatable bonds is 6. The van der Waals surface area contributed by atoms with E-state index in [1.54, 1.807) is 0 Å². The van der Waals surface area contributed by atoms with Gasteiger partial charge < -0.3 is 10.4 Å². The molecule has 0 fully saturated rings. The standard InChI is InChI=1S/C12H18BrNO/c1-2-3-7-14-9-12(15)10-5-4-6-11(13)8-10/h4-6,8,12,14-15H,2-3,7,9H2,1H3. The van der Waals surface area contributed by atoms with E-state index in [0.717, 1.165) is 23.0 Å². The first-order valence-corrected chi connectivity index (χ1v) is 6.17. The molecule has 1 unspecified atom stereocenters. The van der Waals surface area contributed by atoms with Gasteiger partial charge in [0.15, 0.2) is 0 Å². The minimum absolute atomic E-state index is 0.417. The van der Waals surface area contributed by atoms with E-state index in [2.05, 4.69) is 28.2 Å². The van der Waals surface area contributed by atoms with Crippen LogP contribution in [0.25, 0.3) is 0 Å². The summed E-state index contributed by atoms with van der Waals surface area (Å²) in [6.45, 7) is 3.75. The molecule has 0 aromatic heterocycles. The van der Waals surface area contributed by atoms with Crippen LogP contribution in [0.5, 0.6) is 0 Å². The molecular weight excluding hydrogens is 254 g/mol. The van der Waals surface area contributed by atoms with Crippen LogP contribution >= 0.6 is 15.9 Å². The first-order chi connectivity index (χ1) is 7.24. The van der Waals surface area contributed by atoms with Crippen LogP contribution in [-0.2, 0) is 0 Å². The summed E-state index contributed by atoms with van der Waals surface area (Å²) in [7, 11) is 0. The summed E-state index contributed by atoms with van der Waals surface area (Å²) in [5.74, 6) is 0. The van der Waals surface area contributed by atoms with Gasteiger partial charge in [-0.25, -0.2) is 0 Å². The van der Waals surface area contributed by atoms with E-state index < -0.39 is 6.10 Å². The van der Waals surface area contributed by atoms with Crippen molar-refractivity contribution >= 4 is 15.9 Å². The van der Waals surface area contributed by atoms with Gasteiger partial charge in [-0.1, -0.05) is 41.4 Å². The van der Waals surface area contributed by atoms with Gasteiger partial charge in [-0.2, -0.15) is 0 Å². The lowest BCUT2D eigenvalue weighted by Crippen LogP contribution is -2.22. The Bertz CT molecular complexity index is 291. The minimum Gasteiger partial charge on any atom is -0.387 e. The molecule has 0 aliphatic rings. The highest BCUT2D eigenvalue weighted by Crippen LogP contribution is 2.17. The predicted octanol–water partition coefficient (Wildman–Crippen LogP) is 2.87. The Morgan fingerprint density at radius 2 is 2.27 bits per heavy atom. The van der Waals surface area contributed by atoms with Crippen molar-refractivity contribution in [2.45, 2.75) is 25.9 Å². The molecule has 0 heterocycles. The maximum atomic E-state index is 9.86. The van der Waals surface area contributed by atoms with Crippen LogP contribution < -0.4 is 5.32 Å². The van der Waals surface area contributed by atoms with Crippen molar-refractivity contribution in [3.8, 4) is 0 Å². The Balaban J connectivity index is 2.36. The molecule has 0 saturated carbocycles. The number of unbranched alkanes of at least 4 members (excludes halogenated alkanes) is 1. The molecule has 0 aliphatic carbocycles. The molecule has 2 N–H and O–H groups in total. The first kappa shape index (κ1) is 12.7. The smallest absolute Gasteiger partial charge is 0.0914 e. The summed E-state index contributed by atoms with van der Waals surface area (Å²) in [4.78, 5) is 0. The number of hydrogen-bond donors (Lipinski definition) is 2. The van der Waals surface area contributed by atoms with Crippen LogP contribution in [0.15, 0.2) is 28.7 Å². The maximum absolute atomic E-state index is 9.86. The number of benzene rings is 1. The van der Waals surface area contributed by atoms with Crippen molar-refractivity contribution in [3.63, 3.8) is 0 Å². The van der Waals surface area contributed by atoms with Crippen molar-refractivity contribution < 1.29 is 5.11 Å². The zero-order valence-corrected chi connectivity index (χ0v) is 10.6. The number of aliphatic hydroxyl groups is 1. The zero-order valence-electron chi connectivity index (χ0n) is 9.04. The molecule has 84 valence electrons. The minimum atomic E-state index is -0.417. The highest BCUT2D eigenvalue weighted by molar-refractivity contribution is 9.10. The molecule has 1 aromatic carbocycles. The van der Waals surface area contributed by atoms with Crippen LogP contribution in [0.2, 0.25) is 0 Å². The summed E-state index contributed by atoms with van der Waals surface area (Å²) in [6.07, 6.45) is 1.92. The fraction of sp³-hybridized carbons (Fsp3) is 0.500. The van der Waals surface area contributed by atoms with Gasteiger partial charge in [-0.3, -0.25) is 0 Å². The second kappa shape index (κ2) is 6.99. The second-order valence-electron chi connectivity index (χ2n) is 3.63. The Hall–Kier alpha value is -0.380. The fourth-order valence-corrected chi connectivity index (χ4v) is 1.79. The molecule has 2 nitrogen and oxygen atoms in total. The lowest BCUT2D eigenvalue weighted by molar-refractivity contribution is 0.174. The van der Waals surface area contributed by atoms with Gasteiger partial charge in [0.25, 0.3) is 0 Å². The van der Waals surface area contributed by atoms with Crippen LogP contribution in [0.4, 0.5) is 0 Å². The van der Waals surface area contributed by atoms with Gasteiger partial charge in [0.2, 0.25) is 0 Å². The van der Waals surface area contributed by atoms with Crippen molar-refractivity contribution in [2.75, 3.05) is 13.1 Å². The van der Waals surface area contributed by atoms with Gasteiger partial charge in [-0.05, 0) is 30.7 Å². The lowest BCUT2D eigenvalue weighted by atomic mass is 10.1.